The minimum Gasteiger partial charge on any atom is -0.455 e. The first-order valence-corrected chi connectivity index (χ1v) is 9.05. The maximum atomic E-state index is 13.6. The predicted octanol–water partition coefficient (Wildman–Crippen LogP) is 4.86. The van der Waals surface area contributed by atoms with Crippen LogP contribution in [0.5, 0.6) is 0 Å². The molecule has 0 saturated heterocycles. The number of halogens is 2. The normalized spacial score (nSPS) is 11.0. The second-order valence-corrected chi connectivity index (χ2v) is 6.61. The molecule has 1 aromatic heterocycles. The third kappa shape index (κ3) is 3.39. The van der Waals surface area contributed by atoms with Gasteiger partial charge in [-0.3, -0.25) is 4.79 Å². The van der Waals surface area contributed by atoms with Crippen LogP contribution in [0.25, 0.3) is 33.4 Å². The van der Waals surface area contributed by atoms with Gasteiger partial charge in [-0.2, -0.15) is 0 Å². The van der Waals surface area contributed by atoms with Gasteiger partial charge in [-0.15, -0.1) is 0 Å². The van der Waals surface area contributed by atoms with Gasteiger partial charge >= 0.3 is 0 Å². The summed E-state index contributed by atoms with van der Waals surface area (Å²) in [6.45, 7) is 0.180. The van der Waals surface area contributed by atoms with Crippen LogP contribution in [0.2, 0.25) is 0 Å². The molecule has 0 spiro atoms. The lowest BCUT2D eigenvalue weighted by molar-refractivity contribution is 0.0964. The Morgan fingerprint density at radius 3 is 2.34 bits per heavy atom. The molecule has 3 aromatic carbocycles. The summed E-state index contributed by atoms with van der Waals surface area (Å²) < 4.78 is 32.9. The molecule has 0 saturated carbocycles. The predicted molar refractivity (Wildman–Crippen MR) is 108 cm³/mol. The fourth-order valence-corrected chi connectivity index (χ4v) is 3.43. The van der Waals surface area contributed by atoms with E-state index in [0.717, 1.165) is 11.1 Å². The Morgan fingerprint density at radius 2 is 1.66 bits per heavy atom. The van der Waals surface area contributed by atoms with Crippen molar-refractivity contribution < 1.29 is 18.0 Å². The van der Waals surface area contributed by atoms with Crippen LogP contribution in [-0.4, -0.2) is 13.0 Å². The van der Waals surface area contributed by atoms with Crippen molar-refractivity contribution in [2.45, 2.75) is 6.54 Å². The zero-order valence-electron chi connectivity index (χ0n) is 15.6. The van der Waals surface area contributed by atoms with Gasteiger partial charge in [-0.25, -0.2) is 8.78 Å². The summed E-state index contributed by atoms with van der Waals surface area (Å²) in [6.07, 6.45) is 0. The molecule has 1 heterocycles. The molecule has 4 nitrogen and oxygen atoms in total. The van der Waals surface area contributed by atoms with E-state index in [4.69, 9.17) is 10.2 Å². The molecule has 4 rings (SSSR count). The van der Waals surface area contributed by atoms with Crippen molar-refractivity contribution in [1.29, 1.82) is 0 Å². The smallest absolute Gasteiger partial charge is 0.255 e. The fourth-order valence-electron chi connectivity index (χ4n) is 3.43. The van der Waals surface area contributed by atoms with Gasteiger partial charge in [0.05, 0.1) is 5.56 Å². The Labute approximate surface area is 165 Å². The second kappa shape index (κ2) is 7.48. The molecule has 1 amide bonds. The molecule has 146 valence electrons. The number of fused-ring (bicyclic) bond motifs is 1. The number of hydrogen-bond acceptors (Lipinski definition) is 3. The number of nitrogens with two attached hydrogens (primary N) is 1. The molecule has 0 aliphatic heterocycles. The quantitative estimate of drug-likeness (QED) is 0.521. The van der Waals surface area contributed by atoms with E-state index in [2.05, 4.69) is 5.32 Å². The fraction of sp³-hybridized carbons (Fsp3) is 0.0870. The average molecular weight is 392 g/mol. The van der Waals surface area contributed by atoms with E-state index >= 15 is 0 Å². The van der Waals surface area contributed by atoms with Crippen LogP contribution in [0, 0.1) is 11.6 Å². The highest BCUT2D eigenvalue weighted by atomic mass is 19.1. The van der Waals surface area contributed by atoms with Crippen LogP contribution >= 0.6 is 0 Å². The molecule has 0 unspecified atom stereocenters. The van der Waals surface area contributed by atoms with Gasteiger partial charge in [0.2, 0.25) is 0 Å². The van der Waals surface area contributed by atoms with Crippen molar-refractivity contribution in [1.82, 2.24) is 5.32 Å². The van der Waals surface area contributed by atoms with E-state index in [1.165, 1.54) is 31.3 Å². The number of amides is 1. The molecule has 0 aliphatic carbocycles. The maximum Gasteiger partial charge on any atom is 0.255 e. The Hall–Kier alpha value is -3.51. The third-order valence-corrected chi connectivity index (χ3v) is 4.85. The lowest BCUT2D eigenvalue weighted by atomic mass is 9.97. The summed E-state index contributed by atoms with van der Waals surface area (Å²) in [4.78, 5) is 12.7. The highest BCUT2D eigenvalue weighted by Gasteiger charge is 2.22. The zero-order chi connectivity index (χ0) is 20.5. The van der Waals surface area contributed by atoms with E-state index in [-0.39, 0.29) is 24.1 Å². The van der Waals surface area contributed by atoms with E-state index in [0.29, 0.717) is 33.4 Å². The second-order valence-electron chi connectivity index (χ2n) is 6.61. The summed E-state index contributed by atoms with van der Waals surface area (Å²) in [7, 11) is 1.53. The number of benzene rings is 3. The van der Waals surface area contributed by atoms with Gasteiger partial charge in [0.25, 0.3) is 5.91 Å². The standard InChI is InChI=1S/C23H18F2N2O2/c1-27-23(28)21-19-11-14(18-8-7-17(25)10-15(18)12-26)4-9-20(19)29-22(21)13-2-5-16(24)6-3-13/h2-11H,12,26H2,1H3,(H,27,28). The largest absolute Gasteiger partial charge is 0.455 e. The average Bonchev–Trinajstić information content (AvgIpc) is 3.12. The number of furan rings is 1. The van der Waals surface area contributed by atoms with E-state index in [1.807, 2.05) is 12.1 Å². The van der Waals surface area contributed by atoms with Crippen LogP contribution in [0.1, 0.15) is 15.9 Å². The Kier molecular flexibility index (Phi) is 4.86. The number of nitrogens with one attached hydrogen (secondary N) is 1. The lowest BCUT2D eigenvalue weighted by Gasteiger charge is -2.09. The Bertz CT molecular complexity index is 1210. The minimum absolute atomic E-state index is 0.180. The summed E-state index contributed by atoms with van der Waals surface area (Å²) in [6, 6.07) is 15.6. The van der Waals surface area contributed by atoms with Crippen LogP contribution < -0.4 is 11.1 Å². The highest BCUT2D eigenvalue weighted by molar-refractivity contribution is 6.11. The number of carbonyl (C=O) groups excluding carboxylic acids is 1. The molecule has 0 radical (unpaired) electrons. The van der Waals surface area contributed by atoms with E-state index in [1.54, 1.807) is 24.3 Å². The summed E-state index contributed by atoms with van der Waals surface area (Å²) in [5, 5.41) is 3.23. The molecular weight excluding hydrogens is 374 g/mol. The summed E-state index contributed by atoms with van der Waals surface area (Å²) >= 11 is 0. The highest BCUT2D eigenvalue weighted by Crippen LogP contribution is 2.36. The monoisotopic (exact) mass is 392 g/mol. The third-order valence-electron chi connectivity index (χ3n) is 4.85. The van der Waals surface area contributed by atoms with Gasteiger partial charge in [0.1, 0.15) is 23.0 Å². The number of rotatable bonds is 4. The van der Waals surface area contributed by atoms with Gasteiger partial charge in [0.15, 0.2) is 0 Å². The zero-order valence-corrected chi connectivity index (χ0v) is 15.6. The van der Waals surface area contributed by atoms with Crippen LogP contribution in [0.3, 0.4) is 0 Å². The minimum atomic E-state index is -0.376. The maximum absolute atomic E-state index is 13.6. The number of carbonyl (C=O) groups is 1. The Balaban J connectivity index is 1.95. The van der Waals surface area contributed by atoms with Crippen molar-refractivity contribution in [3.63, 3.8) is 0 Å². The van der Waals surface area contributed by atoms with Gasteiger partial charge in [-0.1, -0.05) is 12.1 Å². The van der Waals surface area contributed by atoms with E-state index in [9.17, 15) is 13.6 Å². The van der Waals surface area contributed by atoms with Gasteiger partial charge in [0, 0.05) is 24.5 Å². The summed E-state index contributed by atoms with van der Waals surface area (Å²) in [5.41, 5.74) is 9.47. The molecule has 4 aromatic rings. The molecule has 6 heteroatoms. The van der Waals surface area contributed by atoms with E-state index < -0.39 is 0 Å². The van der Waals surface area contributed by atoms with Crippen molar-refractivity contribution in [2.24, 2.45) is 5.73 Å². The van der Waals surface area contributed by atoms with Crippen LogP contribution in [0.15, 0.2) is 65.1 Å². The molecule has 0 bridgehead atoms. The van der Waals surface area contributed by atoms with Gasteiger partial charge < -0.3 is 15.5 Å². The molecule has 0 atom stereocenters. The van der Waals surface area contributed by atoms with Crippen molar-refractivity contribution >= 4 is 16.9 Å². The Morgan fingerprint density at radius 1 is 0.966 bits per heavy atom. The van der Waals surface area contributed by atoms with Crippen LogP contribution in [0.4, 0.5) is 8.78 Å². The van der Waals surface area contributed by atoms with Crippen molar-refractivity contribution in [2.75, 3.05) is 7.05 Å². The molecule has 0 fully saturated rings. The van der Waals surface area contributed by atoms with Gasteiger partial charge in [-0.05, 0) is 65.2 Å². The molecule has 3 N–H and O–H groups in total. The number of hydrogen-bond donors (Lipinski definition) is 2. The first-order chi connectivity index (χ1) is 14.0. The van der Waals surface area contributed by atoms with Crippen LogP contribution in [-0.2, 0) is 6.54 Å². The first-order valence-electron chi connectivity index (χ1n) is 9.05. The SMILES string of the molecule is CNC(=O)c1c(-c2ccc(F)cc2)oc2ccc(-c3ccc(F)cc3CN)cc12. The molecular formula is C23H18F2N2O2. The summed E-state index contributed by atoms with van der Waals surface area (Å²) in [5.74, 6) is -0.699. The topological polar surface area (TPSA) is 68.3 Å². The molecule has 29 heavy (non-hydrogen) atoms. The van der Waals surface area contributed by atoms with Crippen molar-refractivity contribution in [3.8, 4) is 22.5 Å². The lowest BCUT2D eigenvalue weighted by Crippen LogP contribution is -2.18. The van der Waals surface area contributed by atoms with Crippen molar-refractivity contribution in [3.05, 3.63) is 83.4 Å². The molecule has 0 aliphatic rings. The first kappa shape index (κ1) is 18.8.